The van der Waals surface area contributed by atoms with Crippen molar-refractivity contribution in [2.75, 3.05) is 11.5 Å². The van der Waals surface area contributed by atoms with Crippen LogP contribution >= 0.6 is 0 Å². The van der Waals surface area contributed by atoms with Crippen molar-refractivity contribution in [1.29, 1.82) is 0 Å². The van der Waals surface area contributed by atoms with Gasteiger partial charge in [0, 0.05) is 12.6 Å². The fraction of sp³-hybridized carbons (Fsp3) is 0.500. The van der Waals surface area contributed by atoms with E-state index in [2.05, 4.69) is 15.1 Å². The van der Waals surface area contributed by atoms with Crippen molar-refractivity contribution in [3.63, 3.8) is 0 Å². The fourth-order valence-corrected chi connectivity index (χ4v) is 4.11. The largest absolute Gasteiger partial charge is 0.417 e. The number of hydrogen-bond donors (Lipinski definition) is 0. The first-order valence-electron chi connectivity index (χ1n) is 7.29. The van der Waals surface area contributed by atoms with Gasteiger partial charge in [0.1, 0.15) is 15.5 Å². The number of aromatic nitrogens is 3. The molecule has 1 fully saturated rings. The van der Waals surface area contributed by atoms with Gasteiger partial charge in [0.05, 0.1) is 17.1 Å². The van der Waals surface area contributed by atoms with E-state index in [4.69, 9.17) is 4.52 Å². The summed E-state index contributed by atoms with van der Waals surface area (Å²) >= 11 is 0. The molecule has 0 atom stereocenters. The molecule has 1 aliphatic heterocycles. The van der Waals surface area contributed by atoms with Crippen LogP contribution in [0, 0.1) is 5.92 Å². The summed E-state index contributed by atoms with van der Waals surface area (Å²) in [6.07, 6.45) is -2.20. The van der Waals surface area contributed by atoms with Gasteiger partial charge in [0.25, 0.3) is 0 Å². The Hall–Kier alpha value is -1.97. The summed E-state index contributed by atoms with van der Waals surface area (Å²) in [5, 5.41) is 3.72. The third kappa shape index (κ3) is 3.92. The van der Waals surface area contributed by atoms with Crippen molar-refractivity contribution >= 4 is 9.84 Å². The number of hydrogen-bond acceptors (Lipinski definition) is 6. The van der Waals surface area contributed by atoms with Crippen molar-refractivity contribution in [2.45, 2.75) is 25.4 Å². The van der Waals surface area contributed by atoms with E-state index < -0.39 is 21.6 Å². The Morgan fingerprint density at radius 2 is 1.92 bits per heavy atom. The van der Waals surface area contributed by atoms with Crippen LogP contribution in [0.2, 0.25) is 0 Å². The van der Waals surface area contributed by atoms with Gasteiger partial charge in [-0.05, 0) is 30.9 Å². The average Bonchev–Trinajstić information content (AvgIpc) is 2.97. The minimum atomic E-state index is -4.45. The molecular weight excluding hydrogens is 347 g/mol. The van der Waals surface area contributed by atoms with Crippen molar-refractivity contribution in [1.82, 2.24) is 15.1 Å². The Kier molecular flexibility index (Phi) is 4.33. The van der Waals surface area contributed by atoms with Crippen LogP contribution in [-0.4, -0.2) is 35.0 Å². The second kappa shape index (κ2) is 6.15. The van der Waals surface area contributed by atoms with Crippen molar-refractivity contribution in [2.24, 2.45) is 5.92 Å². The highest BCUT2D eigenvalue weighted by Gasteiger charge is 2.31. The van der Waals surface area contributed by atoms with E-state index in [-0.39, 0.29) is 28.9 Å². The highest BCUT2D eigenvalue weighted by Crippen LogP contribution is 2.29. The van der Waals surface area contributed by atoms with Crippen molar-refractivity contribution < 1.29 is 26.1 Å². The number of halogens is 3. The second-order valence-corrected chi connectivity index (χ2v) is 8.04. The third-order valence-electron chi connectivity index (χ3n) is 3.93. The molecule has 0 aromatic carbocycles. The topological polar surface area (TPSA) is 86.0 Å². The van der Waals surface area contributed by atoms with Crippen molar-refractivity contribution in [3.05, 3.63) is 29.8 Å². The SMILES string of the molecule is O=S1(=O)CCC(Cc2nc(-c3ccc(C(F)(F)F)cn3)no2)CC1. The molecule has 3 rings (SSSR count). The van der Waals surface area contributed by atoms with Crippen LogP contribution in [0.3, 0.4) is 0 Å². The molecule has 0 spiro atoms. The van der Waals surface area contributed by atoms with E-state index in [1.165, 1.54) is 6.07 Å². The van der Waals surface area contributed by atoms with Crippen LogP contribution in [0.25, 0.3) is 11.5 Å². The number of alkyl halides is 3. The van der Waals surface area contributed by atoms with Crippen LogP contribution in [0.1, 0.15) is 24.3 Å². The van der Waals surface area contributed by atoms with Crippen LogP contribution < -0.4 is 0 Å². The summed E-state index contributed by atoms with van der Waals surface area (Å²) in [7, 11) is -2.93. The molecule has 0 unspecified atom stereocenters. The molecule has 3 heterocycles. The second-order valence-electron chi connectivity index (χ2n) is 5.74. The Labute approximate surface area is 136 Å². The molecule has 1 aliphatic rings. The standard InChI is InChI=1S/C14H14F3N3O3S/c15-14(16,17)10-1-2-11(18-8-10)13-19-12(23-20-13)7-9-3-5-24(21,22)6-4-9/h1-2,8-9H,3-7H2. The molecule has 6 nitrogen and oxygen atoms in total. The van der Waals surface area contributed by atoms with Crippen LogP contribution in [0.5, 0.6) is 0 Å². The third-order valence-corrected chi connectivity index (χ3v) is 5.64. The number of rotatable bonds is 3. The van der Waals surface area contributed by atoms with Gasteiger partial charge in [-0.1, -0.05) is 5.16 Å². The van der Waals surface area contributed by atoms with Gasteiger partial charge in [-0.2, -0.15) is 18.2 Å². The summed E-state index contributed by atoms with van der Waals surface area (Å²) < 4.78 is 65.4. The van der Waals surface area contributed by atoms with E-state index in [1.807, 2.05) is 0 Å². The lowest BCUT2D eigenvalue weighted by atomic mass is 9.99. The van der Waals surface area contributed by atoms with Crippen LogP contribution in [-0.2, 0) is 22.4 Å². The number of nitrogens with zero attached hydrogens (tertiary/aromatic N) is 3. The Balaban J connectivity index is 1.67. The molecule has 10 heteroatoms. The number of pyridine rings is 1. The molecule has 2 aromatic rings. The van der Waals surface area contributed by atoms with Gasteiger partial charge in [-0.25, -0.2) is 8.42 Å². The first-order valence-corrected chi connectivity index (χ1v) is 9.12. The zero-order valence-corrected chi connectivity index (χ0v) is 13.3. The van der Waals surface area contributed by atoms with Gasteiger partial charge in [-0.15, -0.1) is 0 Å². The lowest BCUT2D eigenvalue weighted by molar-refractivity contribution is -0.137. The van der Waals surface area contributed by atoms with Crippen LogP contribution in [0.15, 0.2) is 22.9 Å². The van der Waals surface area contributed by atoms with Gasteiger partial charge < -0.3 is 4.52 Å². The molecule has 2 aromatic heterocycles. The van der Waals surface area contributed by atoms with E-state index in [9.17, 15) is 21.6 Å². The fourth-order valence-electron chi connectivity index (χ4n) is 2.53. The first kappa shape index (κ1) is 16.9. The molecule has 0 amide bonds. The van der Waals surface area contributed by atoms with E-state index in [1.54, 1.807) is 0 Å². The molecular formula is C14H14F3N3O3S. The van der Waals surface area contributed by atoms with Crippen molar-refractivity contribution in [3.8, 4) is 11.5 Å². The normalized spacial score (nSPS) is 18.6. The minimum absolute atomic E-state index is 0.113. The van der Waals surface area contributed by atoms with E-state index in [0.717, 1.165) is 12.3 Å². The zero-order chi connectivity index (χ0) is 17.4. The summed E-state index contributed by atoms with van der Waals surface area (Å²) in [6.45, 7) is 0. The predicted octanol–water partition coefficient (Wildman–Crippen LogP) is 2.52. The molecule has 0 saturated carbocycles. The zero-order valence-electron chi connectivity index (χ0n) is 12.5. The highest BCUT2D eigenvalue weighted by molar-refractivity contribution is 7.91. The molecule has 0 N–H and O–H groups in total. The smallest absolute Gasteiger partial charge is 0.339 e. The van der Waals surface area contributed by atoms with Gasteiger partial charge >= 0.3 is 6.18 Å². The first-order chi connectivity index (χ1) is 11.2. The number of sulfone groups is 1. The summed E-state index contributed by atoms with van der Waals surface area (Å²) in [5.41, 5.74) is -0.664. The maximum atomic E-state index is 12.5. The highest BCUT2D eigenvalue weighted by atomic mass is 32.2. The van der Waals surface area contributed by atoms with Gasteiger partial charge in [0.15, 0.2) is 0 Å². The van der Waals surface area contributed by atoms with Gasteiger partial charge in [0.2, 0.25) is 11.7 Å². The molecule has 130 valence electrons. The molecule has 0 bridgehead atoms. The summed E-state index contributed by atoms with van der Waals surface area (Å²) in [6, 6.07) is 2.09. The summed E-state index contributed by atoms with van der Waals surface area (Å²) in [5.74, 6) is 0.888. The summed E-state index contributed by atoms with van der Waals surface area (Å²) in [4.78, 5) is 7.84. The average molecular weight is 361 g/mol. The predicted molar refractivity (Wildman–Crippen MR) is 77.6 cm³/mol. The Morgan fingerprint density at radius 3 is 2.50 bits per heavy atom. The van der Waals surface area contributed by atoms with E-state index >= 15 is 0 Å². The minimum Gasteiger partial charge on any atom is -0.339 e. The lowest BCUT2D eigenvalue weighted by Gasteiger charge is -2.19. The van der Waals surface area contributed by atoms with E-state index in [0.29, 0.717) is 25.2 Å². The molecule has 1 saturated heterocycles. The van der Waals surface area contributed by atoms with Gasteiger partial charge in [-0.3, -0.25) is 4.98 Å². The maximum absolute atomic E-state index is 12.5. The lowest BCUT2D eigenvalue weighted by Crippen LogP contribution is -2.24. The maximum Gasteiger partial charge on any atom is 0.417 e. The monoisotopic (exact) mass is 361 g/mol. The molecule has 0 aliphatic carbocycles. The molecule has 0 radical (unpaired) electrons. The quantitative estimate of drug-likeness (QED) is 0.835. The Bertz CT molecular complexity index is 802. The Morgan fingerprint density at radius 1 is 1.21 bits per heavy atom. The van der Waals surface area contributed by atoms with Crippen LogP contribution in [0.4, 0.5) is 13.2 Å². The molecule has 24 heavy (non-hydrogen) atoms.